The van der Waals surface area contributed by atoms with Crippen LogP contribution in [0.4, 0.5) is 0 Å². The number of rotatable bonds is 3. The van der Waals surface area contributed by atoms with Gasteiger partial charge in [-0.05, 0) is 31.7 Å². The van der Waals surface area contributed by atoms with Crippen molar-refractivity contribution in [3.8, 4) is 0 Å². The van der Waals surface area contributed by atoms with Gasteiger partial charge in [-0.15, -0.1) is 21.5 Å². The Kier molecular flexibility index (Phi) is 3.38. The van der Waals surface area contributed by atoms with Crippen molar-refractivity contribution in [3.05, 3.63) is 35.2 Å². The van der Waals surface area contributed by atoms with Crippen molar-refractivity contribution in [3.63, 3.8) is 0 Å². The summed E-state index contributed by atoms with van der Waals surface area (Å²) in [6.07, 6.45) is 7.75. The molecule has 0 bridgehead atoms. The minimum absolute atomic E-state index is 0.0213. The van der Waals surface area contributed by atoms with Crippen LogP contribution in [0, 0.1) is 0 Å². The molecule has 0 saturated heterocycles. The lowest BCUT2D eigenvalue weighted by atomic mass is 9.85. The van der Waals surface area contributed by atoms with Crippen molar-refractivity contribution in [1.82, 2.24) is 30.3 Å². The summed E-state index contributed by atoms with van der Waals surface area (Å²) < 4.78 is 1.98. The number of amides is 1. The van der Waals surface area contributed by atoms with E-state index in [2.05, 4.69) is 25.9 Å². The second-order valence-electron chi connectivity index (χ2n) is 5.64. The molecule has 1 amide bonds. The number of aromatic amines is 1. The highest BCUT2D eigenvalue weighted by Gasteiger charge is 2.26. The van der Waals surface area contributed by atoms with Gasteiger partial charge in [0.2, 0.25) is 0 Å². The fraction of sp³-hybridized carbons (Fsp3) is 0.429. The Labute approximate surface area is 130 Å². The zero-order chi connectivity index (χ0) is 14.9. The van der Waals surface area contributed by atoms with E-state index in [1.165, 1.54) is 0 Å². The molecule has 0 spiro atoms. The number of fused-ring (bicyclic) bond motifs is 1. The molecule has 22 heavy (non-hydrogen) atoms. The van der Waals surface area contributed by atoms with Crippen molar-refractivity contribution in [1.29, 1.82) is 0 Å². The van der Waals surface area contributed by atoms with Gasteiger partial charge in [0.25, 0.3) is 5.91 Å². The van der Waals surface area contributed by atoms with E-state index in [0.717, 1.165) is 41.9 Å². The molecule has 3 aromatic rings. The maximum atomic E-state index is 12.4. The van der Waals surface area contributed by atoms with Crippen LogP contribution in [0.2, 0.25) is 0 Å². The van der Waals surface area contributed by atoms with Gasteiger partial charge in [-0.25, -0.2) is 0 Å². The molecule has 0 unspecified atom stereocenters. The normalized spacial score (nSPS) is 22.0. The summed E-state index contributed by atoms with van der Waals surface area (Å²) >= 11 is 1.58. The van der Waals surface area contributed by atoms with Crippen molar-refractivity contribution in [2.24, 2.45) is 0 Å². The predicted molar refractivity (Wildman–Crippen MR) is 81.9 cm³/mol. The van der Waals surface area contributed by atoms with Crippen LogP contribution in [0.1, 0.15) is 47.8 Å². The number of nitrogens with one attached hydrogen (secondary N) is 2. The Morgan fingerprint density at radius 1 is 1.32 bits per heavy atom. The van der Waals surface area contributed by atoms with E-state index in [1.807, 2.05) is 28.2 Å². The Morgan fingerprint density at radius 3 is 2.95 bits per heavy atom. The van der Waals surface area contributed by atoms with E-state index in [4.69, 9.17) is 0 Å². The molecule has 0 aliphatic heterocycles. The molecule has 0 aromatic carbocycles. The molecule has 8 heteroatoms. The summed E-state index contributed by atoms with van der Waals surface area (Å²) in [5.74, 6) is 1.16. The van der Waals surface area contributed by atoms with Gasteiger partial charge in [0.15, 0.2) is 5.82 Å². The molecule has 2 N–H and O–H groups in total. The zero-order valence-corrected chi connectivity index (χ0v) is 12.7. The molecule has 7 nitrogen and oxygen atoms in total. The lowest BCUT2D eigenvalue weighted by Crippen LogP contribution is -2.37. The number of thiazole rings is 1. The Balaban J connectivity index is 1.38. The first-order chi connectivity index (χ1) is 10.8. The number of carbonyl (C=O) groups excluding carboxylic acids is 1. The number of tetrazole rings is 1. The largest absolute Gasteiger partial charge is 0.349 e. The minimum atomic E-state index is 0.0213. The number of aromatic nitrogens is 5. The van der Waals surface area contributed by atoms with E-state index in [0.29, 0.717) is 5.92 Å². The average molecular weight is 316 g/mol. The van der Waals surface area contributed by atoms with Gasteiger partial charge in [-0.2, -0.15) is 5.21 Å². The summed E-state index contributed by atoms with van der Waals surface area (Å²) in [7, 11) is 0. The molecule has 114 valence electrons. The number of nitrogens with zero attached hydrogens (tertiary/aromatic N) is 4. The van der Waals surface area contributed by atoms with Gasteiger partial charge >= 0.3 is 0 Å². The van der Waals surface area contributed by atoms with Crippen molar-refractivity contribution in [2.75, 3.05) is 0 Å². The standard InChI is InChI=1S/C14H16N6OS/c21-13(11-5-6-20-7-8-22-14(11)20)15-10-3-1-9(2-4-10)12-16-18-19-17-12/h5-10H,1-4H2,(H,15,21)(H,16,17,18,19). The Bertz CT molecular complexity index is 768. The van der Waals surface area contributed by atoms with Crippen LogP contribution in [-0.2, 0) is 0 Å². The van der Waals surface area contributed by atoms with Gasteiger partial charge in [-0.1, -0.05) is 5.21 Å². The van der Waals surface area contributed by atoms with Crippen molar-refractivity contribution >= 4 is 22.1 Å². The molecule has 4 rings (SSSR count). The van der Waals surface area contributed by atoms with E-state index in [9.17, 15) is 4.79 Å². The lowest BCUT2D eigenvalue weighted by Gasteiger charge is -2.27. The van der Waals surface area contributed by atoms with Crippen molar-refractivity contribution < 1.29 is 4.79 Å². The highest BCUT2D eigenvalue weighted by atomic mass is 32.1. The highest BCUT2D eigenvalue weighted by molar-refractivity contribution is 7.16. The Hall–Kier alpha value is -2.22. The average Bonchev–Trinajstić information content (AvgIpc) is 3.25. The van der Waals surface area contributed by atoms with Gasteiger partial charge in [0, 0.05) is 29.7 Å². The topological polar surface area (TPSA) is 88.0 Å². The van der Waals surface area contributed by atoms with Crippen LogP contribution < -0.4 is 5.32 Å². The van der Waals surface area contributed by atoms with E-state index >= 15 is 0 Å². The quantitative estimate of drug-likeness (QED) is 0.773. The molecule has 0 radical (unpaired) electrons. The van der Waals surface area contributed by atoms with Crippen molar-refractivity contribution in [2.45, 2.75) is 37.6 Å². The van der Waals surface area contributed by atoms with Crippen LogP contribution in [0.15, 0.2) is 23.8 Å². The Morgan fingerprint density at radius 2 is 2.18 bits per heavy atom. The molecule has 1 aliphatic rings. The first-order valence-electron chi connectivity index (χ1n) is 7.39. The smallest absolute Gasteiger partial charge is 0.254 e. The zero-order valence-electron chi connectivity index (χ0n) is 11.9. The third-order valence-electron chi connectivity index (χ3n) is 4.30. The first kappa shape index (κ1) is 13.4. The number of hydrogen-bond acceptors (Lipinski definition) is 5. The van der Waals surface area contributed by atoms with Crippen LogP contribution in [-0.4, -0.2) is 37.0 Å². The second-order valence-corrected chi connectivity index (χ2v) is 6.53. The van der Waals surface area contributed by atoms with Crippen LogP contribution in [0.3, 0.4) is 0 Å². The van der Waals surface area contributed by atoms with E-state index < -0.39 is 0 Å². The van der Waals surface area contributed by atoms with E-state index in [-0.39, 0.29) is 11.9 Å². The fourth-order valence-corrected chi connectivity index (χ4v) is 3.96. The fourth-order valence-electron chi connectivity index (χ4n) is 3.11. The first-order valence-corrected chi connectivity index (χ1v) is 8.27. The SMILES string of the molecule is O=C(NC1CCC(c2nn[nH]n2)CC1)c1ccn2ccsc12. The predicted octanol–water partition coefficient (Wildman–Crippen LogP) is 1.97. The van der Waals surface area contributed by atoms with Gasteiger partial charge in [0.05, 0.1) is 5.56 Å². The van der Waals surface area contributed by atoms with E-state index in [1.54, 1.807) is 11.3 Å². The molecule has 3 aromatic heterocycles. The van der Waals surface area contributed by atoms with Crippen LogP contribution >= 0.6 is 11.3 Å². The van der Waals surface area contributed by atoms with Crippen LogP contribution in [0.25, 0.3) is 4.83 Å². The molecule has 1 saturated carbocycles. The number of H-pyrrole nitrogens is 1. The lowest BCUT2D eigenvalue weighted by molar-refractivity contribution is 0.0927. The van der Waals surface area contributed by atoms with Gasteiger partial charge in [0.1, 0.15) is 4.83 Å². The monoisotopic (exact) mass is 316 g/mol. The molecular weight excluding hydrogens is 300 g/mol. The molecule has 0 atom stereocenters. The van der Waals surface area contributed by atoms with Gasteiger partial charge in [-0.3, -0.25) is 4.79 Å². The summed E-state index contributed by atoms with van der Waals surface area (Å²) in [5.41, 5.74) is 0.760. The summed E-state index contributed by atoms with van der Waals surface area (Å²) in [5, 5.41) is 19.4. The maximum Gasteiger partial charge on any atom is 0.254 e. The summed E-state index contributed by atoms with van der Waals surface area (Å²) in [6, 6.07) is 2.11. The minimum Gasteiger partial charge on any atom is -0.349 e. The maximum absolute atomic E-state index is 12.4. The van der Waals surface area contributed by atoms with Gasteiger partial charge < -0.3 is 9.72 Å². The molecule has 1 aliphatic carbocycles. The number of carbonyl (C=O) groups is 1. The third-order valence-corrected chi connectivity index (χ3v) is 5.21. The highest BCUT2D eigenvalue weighted by Crippen LogP contribution is 2.30. The molecule has 1 fully saturated rings. The summed E-state index contributed by atoms with van der Waals surface area (Å²) in [6.45, 7) is 0. The summed E-state index contributed by atoms with van der Waals surface area (Å²) in [4.78, 5) is 13.4. The molecule has 3 heterocycles. The molecular formula is C14H16N6OS. The number of hydrogen-bond donors (Lipinski definition) is 2. The van der Waals surface area contributed by atoms with Crippen LogP contribution in [0.5, 0.6) is 0 Å². The second kappa shape index (κ2) is 5.53. The third kappa shape index (κ3) is 2.39.